The van der Waals surface area contributed by atoms with Gasteiger partial charge in [-0.15, -0.1) is 0 Å². The van der Waals surface area contributed by atoms with Gasteiger partial charge in [0.2, 0.25) is 0 Å². The highest BCUT2D eigenvalue weighted by molar-refractivity contribution is 6.51. The Morgan fingerprint density at radius 2 is 1.62 bits per heavy atom. The van der Waals surface area contributed by atoms with E-state index in [9.17, 15) is 19.5 Å². The number of anilines is 1. The minimum Gasteiger partial charge on any atom is -0.507 e. The first kappa shape index (κ1) is 25.6. The fourth-order valence-corrected chi connectivity index (χ4v) is 4.07. The summed E-state index contributed by atoms with van der Waals surface area (Å²) in [7, 11) is 0. The van der Waals surface area contributed by atoms with E-state index < -0.39 is 23.7 Å². The molecule has 0 spiro atoms. The number of rotatable bonds is 9. The van der Waals surface area contributed by atoms with E-state index in [4.69, 9.17) is 9.47 Å². The molecule has 0 aliphatic carbocycles. The summed E-state index contributed by atoms with van der Waals surface area (Å²) in [6.07, 6.45) is 4.70. The van der Waals surface area contributed by atoms with Crippen molar-refractivity contribution in [3.05, 3.63) is 95.3 Å². The lowest BCUT2D eigenvalue weighted by Crippen LogP contribution is -2.29. The van der Waals surface area contributed by atoms with Crippen LogP contribution in [0.3, 0.4) is 0 Å². The molecular formula is C29H28N2O6. The number of esters is 1. The summed E-state index contributed by atoms with van der Waals surface area (Å²) in [5.41, 5.74) is 1.61. The fourth-order valence-electron chi connectivity index (χ4n) is 4.07. The van der Waals surface area contributed by atoms with Crippen LogP contribution in [0.4, 0.5) is 5.69 Å². The van der Waals surface area contributed by atoms with Crippen LogP contribution in [0.1, 0.15) is 54.2 Å². The van der Waals surface area contributed by atoms with Crippen LogP contribution in [0, 0.1) is 0 Å². The van der Waals surface area contributed by atoms with Crippen molar-refractivity contribution in [2.24, 2.45) is 0 Å². The highest BCUT2D eigenvalue weighted by Crippen LogP contribution is 2.42. The number of aliphatic hydroxyl groups is 1. The van der Waals surface area contributed by atoms with Crippen LogP contribution in [-0.2, 0) is 14.3 Å². The zero-order valence-corrected chi connectivity index (χ0v) is 20.7. The van der Waals surface area contributed by atoms with E-state index in [1.165, 1.54) is 4.90 Å². The van der Waals surface area contributed by atoms with E-state index in [0.717, 1.165) is 6.42 Å². The van der Waals surface area contributed by atoms with Gasteiger partial charge in [0.25, 0.3) is 11.7 Å². The second kappa shape index (κ2) is 11.5. The molecule has 1 N–H and O–H groups in total. The molecule has 8 heteroatoms. The quantitative estimate of drug-likeness (QED) is 0.189. The predicted octanol–water partition coefficient (Wildman–Crippen LogP) is 5.06. The number of nitrogens with zero attached hydrogens (tertiary/aromatic N) is 2. The van der Waals surface area contributed by atoms with Crippen molar-refractivity contribution in [3.8, 4) is 5.75 Å². The molecule has 190 valence electrons. The Morgan fingerprint density at radius 3 is 2.24 bits per heavy atom. The van der Waals surface area contributed by atoms with Gasteiger partial charge in [-0.2, -0.15) is 0 Å². The summed E-state index contributed by atoms with van der Waals surface area (Å²) in [5, 5.41) is 11.2. The Kier molecular flexibility index (Phi) is 7.98. The lowest BCUT2D eigenvalue weighted by atomic mass is 9.96. The molecule has 1 atom stereocenters. The van der Waals surface area contributed by atoms with Crippen LogP contribution in [0.15, 0.2) is 78.6 Å². The SMILES string of the molecule is CCCOC(=O)c1ccc(N2C(=O)C(=O)/C(=C(/O)c3ccc(OCCC)cc3)C2c2cccnc2)cc1. The van der Waals surface area contributed by atoms with Gasteiger partial charge in [0.05, 0.1) is 30.4 Å². The van der Waals surface area contributed by atoms with Gasteiger partial charge in [-0.3, -0.25) is 19.5 Å². The van der Waals surface area contributed by atoms with E-state index >= 15 is 0 Å². The van der Waals surface area contributed by atoms with Crippen molar-refractivity contribution in [1.82, 2.24) is 4.98 Å². The third-order valence-corrected chi connectivity index (χ3v) is 5.86. The first-order valence-electron chi connectivity index (χ1n) is 12.2. The normalized spacial score (nSPS) is 16.6. The van der Waals surface area contributed by atoms with Gasteiger partial charge < -0.3 is 14.6 Å². The van der Waals surface area contributed by atoms with Gasteiger partial charge in [0.15, 0.2) is 0 Å². The Labute approximate surface area is 215 Å². The first-order chi connectivity index (χ1) is 18.0. The maximum absolute atomic E-state index is 13.3. The first-order valence-corrected chi connectivity index (χ1v) is 12.2. The van der Waals surface area contributed by atoms with Crippen LogP contribution in [0.25, 0.3) is 5.76 Å². The zero-order chi connectivity index (χ0) is 26.4. The highest BCUT2D eigenvalue weighted by Gasteiger charge is 2.47. The fraction of sp³-hybridized carbons (Fsp3) is 0.241. The van der Waals surface area contributed by atoms with Crippen LogP contribution >= 0.6 is 0 Å². The number of aromatic nitrogens is 1. The molecule has 1 saturated heterocycles. The molecule has 1 aliphatic heterocycles. The van der Waals surface area contributed by atoms with Crippen molar-refractivity contribution < 1.29 is 29.0 Å². The van der Waals surface area contributed by atoms with Gasteiger partial charge in [-0.05, 0) is 73.0 Å². The van der Waals surface area contributed by atoms with Crippen LogP contribution in [0.2, 0.25) is 0 Å². The smallest absolute Gasteiger partial charge is 0.338 e. The zero-order valence-electron chi connectivity index (χ0n) is 20.7. The third-order valence-electron chi connectivity index (χ3n) is 5.86. The molecule has 4 rings (SSSR count). The number of hydrogen-bond donors (Lipinski definition) is 1. The van der Waals surface area contributed by atoms with Crippen LogP contribution < -0.4 is 9.64 Å². The summed E-state index contributed by atoms with van der Waals surface area (Å²) in [6.45, 7) is 4.78. The number of pyridine rings is 1. The number of amides is 1. The number of benzene rings is 2. The van der Waals surface area contributed by atoms with Crippen LogP contribution in [0.5, 0.6) is 5.75 Å². The Morgan fingerprint density at radius 1 is 0.946 bits per heavy atom. The lowest BCUT2D eigenvalue weighted by molar-refractivity contribution is -0.132. The molecular weight excluding hydrogens is 472 g/mol. The second-order valence-corrected chi connectivity index (χ2v) is 8.51. The van der Waals surface area contributed by atoms with E-state index in [0.29, 0.717) is 47.8 Å². The number of carbonyl (C=O) groups is 3. The molecule has 0 radical (unpaired) electrons. The van der Waals surface area contributed by atoms with Crippen molar-refractivity contribution in [3.63, 3.8) is 0 Å². The van der Waals surface area contributed by atoms with Crippen molar-refractivity contribution in [2.45, 2.75) is 32.7 Å². The van der Waals surface area contributed by atoms with Gasteiger partial charge in [0.1, 0.15) is 11.5 Å². The van der Waals surface area contributed by atoms with E-state index in [1.54, 1.807) is 73.1 Å². The number of ketones is 1. The molecule has 1 fully saturated rings. The van der Waals surface area contributed by atoms with Gasteiger partial charge >= 0.3 is 5.97 Å². The minimum atomic E-state index is -0.914. The molecule has 0 bridgehead atoms. The molecule has 1 unspecified atom stereocenters. The summed E-state index contributed by atoms with van der Waals surface area (Å²) in [4.78, 5) is 44.2. The molecule has 0 saturated carbocycles. The molecule has 2 aromatic carbocycles. The molecule has 3 aromatic rings. The molecule has 1 amide bonds. The Balaban J connectivity index is 1.75. The average molecular weight is 501 g/mol. The maximum Gasteiger partial charge on any atom is 0.338 e. The summed E-state index contributed by atoms with van der Waals surface area (Å²) >= 11 is 0. The number of ether oxygens (including phenoxy) is 2. The standard InChI is InChI=1S/C29H28N2O6/c1-3-16-36-23-13-9-19(10-14-23)26(32)24-25(21-6-5-15-30-18-21)31(28(34)27(24)33)22-11-7-20(8-12-22)29(35)37-17-4-2/h5-15,18,25,32H,3-4,16-17H2,1-2H3/b26-24+. The average Bonchev–Trinajstić information content (AvgIpc) is 3.21. The Bertz CT molecular complexity index is 1300. The Hall–Kier alpha value is -4.46. The topological polar surface area (TPSA) is 106 Å². The number of hydrogen-bond acceptors (Lipinski definition) is 7. The molecule has 2 heterocycles. The number of aliphatic hydroxyl groups excluding tert-OH is 1. The molecule has 37 heavy (non-hydrogen) atoms. The largest absolute Gasteiger partial charge is 0.507 e. The van der Waals surface area contributed by atoms with Crippen LogP contribution in [-0.4, -0.2) is 41.0 Å². The monoisotopic (exact) mass is 500 g/mol. The third kappa shape index (κ3) is 5.38. The molecule has 8 nitrogen and oxygen atoms in total. The predicted molar refractivity (Wildman–Crippen MR) is 138 cm³/mol. The van der Waals surface area contributed by atoms with Crippen molar-refractivity contribution >= 4 is 29.1 Å². The van der Waals surface area contributed by atoms with E-state index in [2.05, 4.69) is 4.98 Å². The van der Waals surface area contributed by atoms with Gasteiger partial charge in [0, 0.05) is 23.6 Å². The number of Topliss-reactive ketones (excluding diaryl/α,β-unsaturated/α-hetero) is 1. The van der Waals surface area contributed by atoms with Gasteiger partial charge in [-0.1, -0.05) is 19.9 Å². The van der Waals surface area contributed by atoms with E-state index in [-0.39, 0.29) is 11.3 Å². The molecule has 1 aromatic heterocycles. The highest BCUT2D eigenvalue weighted by atomic mass is 16.5. The maximum atomic E-state index is 13.3. The number of carbonyl (C=O) groups excluding carboxylic acids is 3. The van der Waals surface area contributed by atoms with Gasteiger partial charge in [-0.25, -0.2) is 4.79 Å². The molecule has 1 aliphatic rings. The lowest BCUT2D eigenvalue weighted by Gasteiger charge is -2.25. The van der Waals surface area contributed by atoms with Crippen molar-refractivity contribution in [1.29, 1.82) is 0 Å². The second-order valence-electron chi connectivity index (χ2n) is 8.51. The summed E-state index contributed by atoms with van der Waals surface area (Å²) in [6, 6.07) is 15.5. The van der Waals surface area contributed by atoms with E-state index in [1.807, 2.05) is 13.8 Å². The summed E-state index contributed by atoms with van der Waals surface area (Å²) < 4.78 is 10.8. The van der Waals surface area contributed by atoms with Crippen molar-refractivity contribution in [2.75, 3.05) is 18.1 Å². The minimum absolute atomic E-state index is 0.0494. The summed E-state index contributed by atoms with van der Waals surface area (Å²) in [5.74, 6) is -1.73.